The average molecular weight is 538 g/mol. The normalized spacial score (nSPS) is 16.4. The number of hydrogen-bond acceptors (Lipinski definition) is 6. The van der Waals surface area contributed by atoms with Crippen LogP contribution in [-0.2, 0) is 27.5 Å². The maximum Gasteiger partial charge on any atom is 0.338 e. The predicted molar refractivity (Wildman–Crippen MR) is 155 cm³/mol. The van der Waals surface area contributed by atoms with Crippen LogP contribution < -0.4 is 0 Å². The van der Waals surface area contributed by atoms with Crippen LogP contribution in [0.3, 0.4) is 0 Å². The Morgan fingerprint density at radius 1 is 0.923 bits per heavy atom. The van der Waals surface area contributed by atoms with Gasteiger partial charge in [-0.25, -0.2) is 9.79 Å². The van der Waals surface area contributed by atoms with Crippen molar-refractivity contribution < 1.29 is 14.3 Å². The van der Waals surface area contributed by atoms with Gasteiger partial charge in [0.25, 0.3) is 0 Å². The van der Waals surface area contributed by atoms with E-state index in [-0.39, 0.29) is 18.9 Å². The molecule has 0 saturated carbocycles. The first-order chi connectivity index (χ1) is 18.9. The molecule has 39 heavy (non-hydrogen) atoms. The third-order valence-electron chi connectivity index (χ3n) is 6.94. The van der Waals surface area contributed by atoms with Crippen molar-refractivity contribution in [2.24, 2.45) is 4.99 Å². The number of allylic oxidation sites excluding steroid dienone is 1. The Kier molecular flexibility index (Phi) is 7.98. The third kappa shape index (κ3) is 5.83. The summed E-state index contributed by atoms with van der Waals surface area (Å²) in [6, 6.07) is 27.1. The fraction of sp³-hybridized carbons (Fsp3) is 0.219. The van der Waals surface area contributed by atoms with E-state index in [2.05, 4.69) is 0 Å². The van der Waals surface area contributed by atoms with Crippen LogP contribution in [0.2, 0.25) is 0 Å². The number of thioether (sulfide) groups is 1. The number of nitrogens with zero attached hydrogens (tertiary/aromatic N) is 3. The molecule has 7 heteroatoms. The van der Waals surface area contributed by atoms with E-state index in [9.17, 15) is 9.59 Å². The lowest BCUT2D eigenvalue weighted by molar-refractivity contribution is -0.141. The fourth-order valence-electron chi connectivity index (χ4n) is 4.85. The third-order valence-corrected chi connectivity index (χ3v) is 7.83. The number of hydrogen-bond donors (Lipinski definition) is 0. The van der Waals surface area contributed by atoms with E-state index in [1.54, 1.807) is 4.90 Å². The predicted octanol–water partition coefficient (Wildman–Crippen LogP) is 6.36. The summed E-state index contributed by atoms with van der Waals surface area (Å²) in [5, 5.41) is 2.73. The van der Waals surface area contributed by atoms with Crippen LogP contribution in [0.4, 0.5) is 0 Å². The van der Waals surface area contributed by atoms with Gasteiger partial charge in [0.15, 0.2) is 5.17 Å². The van der Waals surface area contributed by atoms with Crippen LogP contribution in [0.15, 0.2) is 112 Å². The van der Waals surface area contributed by atoms with E-state index in [0.29, 0.717) is 17.8 Å². The Bertz CT molecular complexity index is 1460. The molecule has 6 nitrogen and oxygen atoms in total. The van der Waals surface area contributed by atoms with Crippen molar-refractivity contribution in [3.8, 4) is 0 Å². The summed E-state index contributed by atoms with van der Waals surface area (Å²) < 4.78 is 5.80. The molecule has 2 aliphatic rings. The quantitative estimate of drug-likeness (QED) is 0.313. The number of carbonyl (C=O) groups excluding carboxylic acids is 2. The van der Waals surface area contributed by atoms with E-state index < -0.39 is 12.0 Å². The van der Waals surface area contributed by atoms with Crippen LogP contribution in [0.25, 0.3) is 0 Å². The van der Waals surface area contributed by atoms with Gasteiger partial charge in [0.1, 0.15) is 6.61 Å². The summed E-state index contributed by atoms with van der Waals surface area (Å²) >= 11 is 1.48. The van der Waals surface area contributed by atoms with Crippen molar-refractivity contribution in [2.45, 2.75) is 39.5 Å². The largest absolute Gasteiger partial charge is 0.457 e. The van der Waals surface area contributed by atoms with Crippen molar-refractivity contribution in [2.75, 3.05) is 7.05 Å². The highest BCUT2D eigenvalue weighted by molar-refractivity contribution is 8.16. The van der Waals surface area contributed by atoms with Crippen LogP contribution in [0.5, 0.6) is 0 Å². The molecular weight excluding hydrogens is 506 g/mol. The number of amides is 1. The summed E-state index contributed by atoms with van der Waals surface area (Å²) in [6.07, 6.45) is 0.198. The van der Waals surface area contributed by atoms with Gasteiger partial charge in [0.05, 0.1) is 23.7 Å². The number of carbonyl (C=O) groups is 2. The number of aryl methyl sites for hydroxylation is 1. The van der Waals surface area contributed by atoms with Gasteiger partial charge in [-0.3, -0.25) is 4.79 Å². The second kappa shape index (κ2) is 11.7. The Morgan fingerprint density at radius 2 is 1.56 bits per heavy atom. The molecule has 0 spiro atoms. The zero-order valence-corrected chi connectivity index (χ0v) is 23.2. The molecule has 0 aliphatic carbocycles. The minimum Gasteiger partial charge on any atom is -0.457 e. The first-order valence-corrected chi connectivity index (χ1v) is 13.8. The van der Waals surface area contributed by atoms with Gasteiger partial charge in [0, 0.05) is 19.3 Å². The zero-order chi connectivity index (χ0) is 27.4. The van der Waals surface area contributed by atoms with E-state index >= 15 is 0 Å². The van der Waals surface area contributed by atoms with Gasteiger partial charge in [-0.05, 0) is 41.5 Å². The molecule has 2 heterocycles. The van der Waals surface area contributed by atoms with E-state index in [1.807, 2.05) is 116 Å². The molecule has 0 bridgehead atoms. The van der Waals surface area contributed by atoms with E-state index in [0.717, 1.165) is 33.1 Å². The topological polar surface area (TPSA) is 62.2 Å². The number of esters is 1. The van der Waals surface area contributed by atoms with Crippen molar-refractivity contribution in [3.63, 3.8) is 0 Å². The number of rotatable bonds is 8. The van der Waals surface area contributed by atoms with Crippen LogP contribution in [-0.4, -0.2) is 33.9 Å². The summed E-state index contributed by atoms with van der Waals surface area (Å²) in [7, 11) is 1.82. The molecule has 0 saturated heterocycles. The fourth-order valence-corrected chi connectivity index (χ4v) is 5.82. The molecule has 0 aromatic heterocycles. The zero-order valence-electron chi connectivity index (χ0n) is 22.3. The molecule has 1 atom stereocenters. The number of ether oxygens (including phenoxy) is 1. The van der Waals surface area contributed by atoms with Gasteiger partial charge in [-0.2, -0.15) is 0 Å². The highest BCUT2D eigenvalue weighted by Crippen LogP contribution is 2.45. The maximum atomic E-state index is 13.6. The molecule has 0 fully saturated rings. The SMILES string of the molecule is CC1=C(C(=O)OCc2ccccc2)[C@@H](c2ccccc2C)N2C(CC(=O)N(C)Cc3ccccc3)=CSC2=N1. The van der Waals surface area contributed by atoms with Crippen molar-refractivity contribution in [3.05, 3.63) is 130 Å². The first-order valence-electron chi connectivity index (χ1n) is 12.9. The minimum atomic E-state index is -0.449. The number of amidine groups is 1. The summed E-state index contributed by atoms with van der Waals surface area (Å²) in [5.74, 6) is -0.411. The summed E-state index contributed by atoms with van der Waals surface area (Å²) in [5.41, 5.74) is 5.95. The van der Waals surface area contributed by atoms with Gasteiger partial charge in [-0.15, -0.1) is 0 Å². The Labute approximate surface area is 233 Å². The Balaban J connectivity index is 1.43. The van der Waals surface area contributed by atoms with E-state index in [1.165, 1.54) is 11.8 Å². The lowest BCUT2D eigenvalue weighted by atomic mass is 9.91. The molecule has 3 aromatic carbocycles. The highest BCUT2D eigenvalue weighted by Gasteiger charge is 2.41. The second-order valence-corrected chi connectivity index (χ2v) is 10.6. The summed E-state index contributed by atoms with van der Waals surface area (Å²) in [4.78, 5) is 35.5. The van der Waals surface area contributed by atoms with Gasteiger partial charge in [0.2, 0.25) is 5.91 Å². The second-order valence-electron chi connectivity index (χ2n) is 9.72. The molecule has 3 aromatic rings. The number of benzene rings is 3. The monoisotopic (exact) mass is 537 g/mol. The Morgan fingerprint density at radius 3 is 2.26 bits per heavy atom. The number of fused-ring (bicyclic) bond motifs is 1. The molecule has 0 unspecified atom stereocenters. The van der Waals surface area contributed by atoms with Crippen molar-refractivity contribution in [1.29, 1.82) is 0 Å². The van der Waals surface area contributed by atoms with Gasteiger partial charge < -0.3 is 14.5 Å². The lowest BCUT2D eigenvalue weighted by Gasteiger charge is -2.37. The molecular formula is C32H31N3O3S. The van der Waals surface area contributed by atoms with Crippen molar-refractivity contribution >= 4 is 28.8 Å². The minimum absolute atomic E-state index is 0.00466. The molecule has 198 valence electrons. The highest BCUT2D eigenvalue weighted by atomic mass is 32.2. The van der Waals surface area contributed by atoms with Crippen molar-refractivity contribution in [1.82, 2.24) is 9.80 Å². The lowest BCUT2D eigenvalue weighted by Crippen LogP contribution is -2.38. The maximum absolute atomic E-state index is 13.6. The molecule has 0 N–H and O–H groups in total. The van der Waals surface area contributed by atoms with Crippen LogP contribution >= 0.6 is 11.8 Å². The smallest absolute Gasteiger partial charge is 0.338 e. The molecule has 5 rings (SSSR count). The first kappa shape index (κ1) is 26.5. The van der Waals surface area contributed by atoms with Gasteiger partial charge >= 0.3 is 5.97 Å². The standard InChI is InChI=1S/C32H31N3O3S/c1-22-12-10-11-17-27(22)30-29(31(37)38-20-25-15-8-5-9-16-25)23(2)33-32-35(30)26(21-39-32)18-28(36)34(3)19-24-13-6-4-7-14-24/h4-17,21,30H,18-20H2,1-3H3/t30-/m1/s1. The Hall–Kier alpha value is -4.10. The number of aliphatic imine (C=N–C) groups is 1. The molecule has 0 radical (unpaired) electrons. The summed E-state index contributed by atoms with van der Waals surface area (Å²) in [6.45, 7) is 4.59. The van der Waals surface area contributed by atoms with Gasteiger partial charge in [-0.1, -0.05) is 96.7 Å². The van der Waals surface area contributed by atoms with Crippen LogP contribution in [0, 0.1) is 6.92 Å². The van der Waals surface area contributed by atoms with Crippen LogP contribution in [0.1, 0.15) is 41.6 Å². The molecule has 2 aliphatic heterocycles. The molecule has 1 amide bonds. The van der Waals surface area contributed by atoms with E-state index in [4.69, 9.17) is 9.73 Å². The average Bonchev–Trinajstić information content (AvgIpc) is 3.34.